The molecule has 0 bridgehead atoms. The topological polar surface area (TPSA) is 88.1 Å². The molecule has 0 spiro atoms. The highest BCUT2D eigenvalue weighted by molar-refractivity contribution is 9.11. The third-order valence-corrected chi connectivity index (χ3v) is 3.54. The predicted octanol–water partition coefficient (Wildman–Crippen LogP) is 5.24. The smallest absolute Gasteiger partial charge is 0.271 e. The van der Waals surface area contributed by atoms with Crippen LogP contribution in [0.4, 0.5) is 17.1 Å². The van der Waals surface area contributed by atoms with Crippen LogP contribution >= 0.6 is 31.9 Å². The fourth-order valence-electron chi connectivity index (χ4n) is 1.38. The largest absolute Gasteiger partial charge is 0.508 e. The van der Waals surface area contributed by atoms with E-state index in [9.17, 15) is 10.1 Å². The van der Waals surface area contributed by atoms with Gasteiger partial charge in [-0.25, -0.2) is 0 Å². The molecule has 0 radical (unpaired) electrons. The molecule has 0 unspecified atom stereocenters. The van der Waals surface area contributed by atoms with Gasteiger partial charge < -0.3 is 5.11 Å². The summed E-state index contributed by atoms with van der Waals surface area (Å²) in [5.41, 5.74) is 0.955. The van der Waals surface area contributed by atoms with Gasteiger partial charge in [-0.05, 0) is 56.1 Å². The van der Waals surface area contributed by atoms with E-state index in [0.717, 1.165) is 0 Å². The van der Waals surface area contributed by atoms with Crippen molar-refractivity contribution in [2.75, 3.05) is 0 Å². The molecule has 8 heteroatoms. The summed E-state index contributed by atoms with van der Waals surface area (Å²) in [5, 5.41) is 27.9. The van der Waals surface area contributed by atoms with Gasteiger partial charge in [0, 0.05) is 12.1 Å². The van der Waals surface area contributed by atoms with Gasteiger partial charge in [-0.15, -0.1) is 5.11 Å². The highest BCUT2D eigenvalue weighted by Crippen LogP contribution is 2.38. The van der Waals surface area contributed by atoms with E-state index in [1.807, 2.05) is 0 Å². The normalized spacial score (nSPS) is 10.9. The quantitative estimate of drug-likeness (QED) is 0.434. The highest BCUT2D eigenvalue weighted by atomic mass is 79.9. The van der Waals surface area contributed by atoms with Crippen LogP contribution in [0.3, 0.4) is 0 Å². The van der Waals surface area contributed by atoms with E-state index in [-0.39, 0.29) is 11.4 Å². The molecule has 6 nitrogen and oxygen atoms in total. The van der Waals surface area contributed by atoms with Crippen molar-refractivity contribution in [3.05, 3.63) is 55.5 Å². The summed E-state index contributed by atoms with van der Waals surface area (Å²) in [5.74, 6) is 0.140. The molecular weight excluding hydrogens is 394 g/mol. The third kappa shape index (κ3) is 3.40. The first-order chi connectivity index (χ1) is 9.47. The monoisotopic (exact) mass is 399 g/mol. The molecular formula is C12H7Br2N3O3. The minimum Gasteiger partial charge on any atom is -0.508 e. The fraction of sp³-hybridized carbons (Fsp3) is 0. The zero-order valence-electron chi connectivity index (χ0n) is 9.83. The number of nitro groups is 1. The Kier molecular flexibility index (Phi) is 4.46. The van der Waals surface area contributed by atoms with Crippen LogP contribution in [-0.4, -0.2) is 10.0 Å². The molecule has 0 amide bonds. The SMILES string of the molecule is O=[N+]([O-])c1cc(Br)c(N=Nc2ccc(O)cc2)c(Br)c1. The second kappa shape index (κ2) is 6.10. The van der Waals surface area contributed by atoms with Crippen molar-refractivity contribution in [1.82, 2.24) is 0 Å². The van der Waals surface area contributed by atoms with E-state index in [1.54, 1.807) is 12.1 Å². The maximum absolute atomic E-state index is 10.7. The molecule has 2 rings (SSSR count). The number of hydrogen-bond acceptors (Lipinski definition) is 5. The van der Waals surface area contributed by atoms with Crippen molar-refractivity contribution in [3.63, 3.8) is 0 Å². The Hall–Kier alpha value is -1.80. The zero-order valence-corrected chi connectivity index (χ0v) is 13.0. The van der Waals surface area contributed by atoms with Crippen molar-refractivity contribution in [3.8, 4) is 5.75 Å². The number of azo groups is 1. The van der Waals surface area contributed by atoms with Crippen LogP contribution in [0.25, 0.3) is 0 Å². The standard InChI is InChI=1S/C12H7Br2N3O3/c13-10-5-8(17(19)20)6-11(14)12(10)16-15-7-1-3-9(18)4-2-7/h1-6,18H. The summed E-state index contributed by atoms with van der Waals surface area (Å²) < 4.78 is 0.919. The Morgan fingerprint density at radius 2 is 1.60 bits per heavy atom. The zero-order chi connectivity index (χ0) is 14.7. The average molecular weight is 401 g/mol. The van der Waals surface area contributed by atoms with Crippen LogP contribution in [-0.2, 0) is 0 Å². The average Bonchev–Trinajstić information content (AvgIpc) is 2.39. The maximum Gasteiger partial charge on any atom is 0.271 e. The number of rotatable bonds is 3. The molecule has 20 heavy (non-hydrogen) atoms. The Morgan fingerprint density at radius 3 is 2.10 bits per heavy atom. The Bertz CT molecular complexity index is 664. The lowest BCUT2D eigenvalue weighted by molar-refractivity contribution is -0.385. The van der Waals surface area contributed by atoms with Gasteiger partial charge >= 0.3 is 0 Å². The molecule has 0 aliphatic rings. The third-order valence-electron chi connectivity index (χ3n) is 2.33. The summed E-state index contributed by atoms with van der Waals surface area (Å²) in [6, 6.07) is 8.91. The number of non-ortho nitro benzene ring substituents is 1. The summed E-state index contributed by atoms with van der Waals surface area (Å²) in [7, 11) is 0. The number of phenols is 1. The van der Waals surface area contributed by atoms with Gasteiger partial charge in [-0.3, -0.25) is 10.1 Å². The van der Waals surface area contributed by atoms with E-state index >= 15 is 0 Å². The number of halogens is 2. The second-order valence-electron chi connectivity index (χ2n) is 3.73. The number of phenolic OH excluding ortho intramolecular Hbond substituents is 1. The summed E-state index contributed by atoms with van der Waals surface area (Å²) in [6.45, 7) is 0. The van der Waals surface area contributed by atoms with Crippen LogP contribution in [0.2, 0.25) is 0 Å². The molecule has 2 aromatic rings. The summed E-state index contributed by atoms with van der Waals surface area (Å²) >= 11 is 6.45. The van der Waals surface area contributed by atoms with Crippen molar-refractivity contribution in [2.45, 2.75) is 0 Å². The molecule has 0 fully saturated rings. The number of hydrogen-bond donors (Lipinski definition) is 1. The molecule has 102 valence electrons. The highest BCUT2D eigenvalue weighted by Gasteiger charge is 2.13. The van der Waals surface area contributed by atoms with Gasteiger partial charge in [0.15, 0.2) is 0 Å². The molecule has 0 heterocycles. The van der Waals surface area contributed by atoms with Gasteiger partial charge in [-0.2, -0.15) is 5.11 Å². The number of aromatic hydroxyl groups is 1. The van der Waals surface area contributed by atoms with Crippen LogP contribution in [0, 0.1) is 10.1 Å². The van der Waals surface area contributed by atoms with Crippen LogP contribution in [0.5, 0.6) is 5.75 Å². The minimum atomic E-state index is -0.490. The lowest BCUT2D eigenvalue weighted by Crippen LogP contribution is -1.87. The van der Waals surface area contributed by atoms with Gasteiger partial charge in [0.25, 0.3) is 5.69 Å². The van der Waals surface area contributed by atoms with Crippen LogP contribution < -0.4 is 0 Å². The van der Waals surface area contributed by atoms with Crippen molar-refractivity contribution in [2.24, 2.45) is 10.2 Å². The van der Waals surface area contributed by atoms with Gasteiger partial charge in [0.05, 0.1) is 19.6 Å². The minimum absolute atomic E-state index is 0.0488. The molecule has 0 atom stereocenters. The van der Waals surface area contributed by atoms with E-state index in [4.69, 9.17) is 5.11 Å². The second-order valence-corrected chi connectivity index (χ2v) is 5.44. The summed E-state index contributed by atoms with van der Waals surface area (Å²) in [6.07, 6.45) is 0. The first-order valence-electron chi connectivity index (χ1n) is 5.31. The Morgan fingerprint density at radius 1 is 1.05 bits per heavy atom. The lowest BCUT2D eigenvalue weighted by Gasteiger charge is -2.01. The van der Waals surface area contributed by atoms with Gasteiger partial charge in [0.1, 0.15) is 11.4 Å². The predicted molar refractivity (Wildman–Crippen MR) is 80.8 cm³/mol. The fourth-order valence-corrected chi connectivity index (χ4v) is 2.70. The molecule has 0 saturated carbocycles. The molecule has 0 aliphatic heterocycles. The lowest BCUT2D eigenvalue weighted by atomic mass is 10.3. The molecule has 1 N–H and O–H groups in total. The van der Waals surface area contributed by atoms with Crippen molar-refractivity contribution >= 4 is 48.9 Å². The maximum atomic E-state index is 10.7. The first-order valence-corrected chi connectivity index (χ1v) is 6.90. The molecule has 2 aromatic carbocycles. The van der Waals surface area contributed by atoms with Gasteiger partial charge in [0.2, 0.25) is 0 Å². The number of nitro benzene ring substituents is 1. The number of nitrogens with zero attached hydrogens (tertiary/aromatic N) is 3. The summed E-state index contributed by atoms with van der Waals surface area (Å²) in [4.78, 5) is 10.2. The Labute approximate surface area is 130 Å². The number of benzene rings is 2. The van der Waals surface area contributed by atoms with E-state index in [1.165, 1.54) is 24.3 Å². The van der Waals surface area contributed by atoms with E-state index in [0.29, 0.717) is 20.3 Å². The van der Waals surface area contributed by atoms with Crippen LogP contribution in [0.15, 0.2) is 55.6 Å². The van der Waals surface area contributed by atoms with Crippen LogP contribution in [0.1, 0.15) is 0 Å². The van der Waals surface area contributed by atoms with Crippen molar-refractivity contribution < 1.29 is 10.0 Å². The van der Waals surface area contributed by atoms with Crippen molar-refractivity contribution in [1.29, 1.82) is 0 Å². The van der Waals surface area contributed by atoms with Gasteiger partial charge in [-0.1, -0.05) is 0 Å². The van der Waals surface area contributed by atoms with E-state index < -0.39 is 4.92 Å². The van der Waals surface area contributed by atoms with E-state index in [2.05, 4.69) is 42.1 Å². The molecule has 0 saturated heterocycles. The Balaban J connectivity index is 2.34. The molecule has 0 aliphatic carbocycles. The molecule has 0 aromatic heterocycles. The first kappa shape index (κ1) is 14.6.